The number of carbonyl (C=O) groups excluding carboxylic acids is 1. The number of carboxylic acid groups (broad SMARTS) is 1. The molecule has 1 heterocycles. The third kappa shape index (κ3) is 3.60. The van der Waals surface area contributed by atoms with Crippen molar-refractivity contribution in [1.82, 2.24) is 9.88 Å². The van der Waals surface area contributed by atoms with E-state index in [4.69, 9.17) is 9.84 Å². The first-order valence-corrected chi connectivity index (χ1v) is 6.59. The van der Waals surface area contributed by atoms with Crippen LogP contribution >= 0.6 is 0 Å². The van der Waals surface area contributed by atoms with Crippen molar-refractivity contribution in [2.75, 3.05) is 14.2 Å². The van der Waals surface area contributed by atoms with Crippen LogP contribution in [0.2, 0.25) is 0 Å². The zero-order valence-corrected chi connectivity index (χ0v) is 12.3. The third-order valence-corrected chi connectivity index (χ3v) is 3.13. The molecule has 0 saturated carbocycles. The van der Waals surface area contributed by atoms with Crippen LogP contribution in [0.3, 0.4) is 0 Å². The zero-order chi connectivity index (χ0) is 16.1. The lowest BCUT2D eigenvalue weighted by molar-refractivity contribution is 0.0694. The number of benzene rings is 1. The fourth-order valence-electron chi connectivity index (χ4n) is 1.96. The van der Waals surface area contributed by atoms with Crippen LogP contribution in [-0.2, 0) is 6.54 Å². The SMILES string of the molecule is COc1cccc(CN(C)C(=O)c2ccc(C(=O)O)cn2)c1. The number of carbonyl (C=O) groups is 2. The lowest BCUT2D eigenvalue weighted by atomic mass is 10.2. The van der Waals surface area contributed by atoms with Crippen LogP contribution < -0.4 is 4.74 Å². The Morgan fingerprint density at radius 3 is 2.64 bits per heavy atom. The largest absolute Gasteiger partial charge is 0.497 e. The average molecular weight is 300 g/mol. The van der Waals surface area contributed by atoms with Crippen LogP contribution in [0.15, 0.2) is 42.6 Å². The van der Waals surface area contributed by atoms with Gasteiger partial charge in [0.15, 0.2) is 0 Å². The van der Waals surface area contributed by atoms with Gasteiger partial charge in [0.05, 0.1) is 12.7 Å². The van der Waals surface area contributed by atoms with Gasteiger partial charge in [-0.3, -0.25) is 9.78 Å². The number of aromatic nitrogens is 1. The summed E-state index contributed by atoms with van der Waals surface area (Å²) in [7, 11) is 3.25. The normalized spacial score (nSPS) is 10.1. The van der Waals surface area contributed by atoms with Gasteiger partial charge < -0.3 is 14.7 Å². The van der Waals surface area contributed by atoms with Crippen LogP contribution in [-0.4, -0.2) is 41.0 Å². The molecule has 1 amide bonds. The van der Waals surface area contributed by atoms with E-state index in [1.54, 1.807) is 14.2 Å². The van der Waals surface area contributed by atoms with Gasteiger partial charge in [-0.25, -0.2) is 4.79 Å². The van der Waals surface area contributed by atoms with Crippen molar-refractivity contribution in [2.24, 2.45) is 0 Å². The lowest BCUT2D eigenvalue weighted by Gasteiger charge is -2.17. The smallest absolute Gasteiger partial charge is 0.337 e. The van der Waals surface area contributed by atoms with Crippen LogP contribution in [0.1, 0.15) is 26.4 Å². The lowest BCUT2D eigenvalue weighted by Crippen LogP contribution is -2.27. The summed E-state index contributed by atoms with van der Waals surface area (Å²) in [5.74, 6) is -0.627. The molecule has 2 aromatic rings. The molecule has 0 fully saturated rings. The summed E-state index contributed by atoms with van der Waals surface area (Å²) in [5, 5.41) is 8.82. The Morgan fingerprint density at radius 1 is 1.27 bits per heavy atom. The first kappa shape index (κ1) is 15.5. The highest BCUT2D eigenvalue weighted by atomic mass is 16.5. The number of methoxy groups -OCH3 is 1. The molecular formula is C16H16N2O4. The molecule has 0 radical (unpaired) electrons. The van der Waals surface area contributed by atoms with E-state index in [0.29, 0.717) is 6.54 Å². The molecule has 1 aromatic carbocycles. The summed E-state index contributed by atoms with van der Waals surface area (Å²) in [5.41, 5.74) is 1.18. The predicted molar refractivity (Wildman–Crippen MR) is 80.0 cm³/mol. The number of nitrogens with zero attached hydrogens (tertiary/aromatic N) is 2. The monoisotopic (exact) mass is 300 g/mol. The van der Waals surface area contributed by atoms with Crippen molar-refractivity contribution in [3.8, 4) is 5.75 Å². The highest BCUT2D eigenvalue weighted by molar-refractivity contribution is 5.93. The molecule has 114 valence electrons. The number of rotatable bonds is 5. The van der Waals surface area contributed by atoms with Crippen LogP contribution in [0, 0.1) is 0 Å². The van der Waals surface area contributed by atoms with Gasteiger partial charge in [0, 0.05) is 19.8 Å². The van der Waals surface area contributed by atoms with Crippen molar-refractivity contribution in [1.29, 1.82) is 0 Å². The first-order chi connectivity index (χ1) is 10.5. The van der Waals surface area contributed by atoms with Gasteiger partial charge in [0.1, 0.15) is 11.4 Å². The number of ether oxygens (including phenoxy) is 1. The first-order valence-electron chi connectivity index (χ1n) is 6.59. The number of aromatic carboxylic acids is 1. The Hall–Kier alpha value is -2.89. The second-order valence-corrected chi connectivity index (χ2v) is 4.75. The Kier molecular flexibility index (Phi) is 4.73. The van der Waals surface area contributed by atoms with Gasteiger partial charge in [-0.05, 0) is 29.8 Å². The van der Waals surface area contributed by atoms with E-state index in [1.807, 2.05) is 24.3 Å². The van der Waals surface area contributed by atoms with E-state index < -0.39 is 5.97 Å². The standard InChI is InChI=1S/C16H16N2O4/c1-18(10-11-4-3-5-13(8-11)22-2)15(19)14-7-6-12(9-17-14)16(20)21/h3-9H,10H2,1-2H3,(H,20,21). The summed E-state index contributed by atoms with van der Waals surface area (Å²) in [4.78, 5) is 28.5. The molecule has 0 unspecified atom stereocenters. The van der Waals surface area contributed by atoms with E-state index in [-0.39, 0.29) is 17.2 Å². The Morgan fingerprint density at radius 2 is 2.05 bits per heavy atom. The number of hydrogen-bond donors (Lipinski definition) is 1. The molecule has 6 nitrogen and oxygen atoms in total. The minimum atomic E-state index is -1.07. The minimum Gasteiger partial charge on any atom is -0.497 e. The molecule has 0 bridgehead atoms. The van der Waals surface area contributed by atoms with Gasteiger partial charge >= 0.3 is 5.97 Å². The summed E-state index contributed by atoms with van der Waals surface area (Å²) in [6, 6.07) is 10.2. The molecule has 0 atom stereocenters. The van der Waals surface area contributed by atoms with E-state index in [0.717, 1.165) is 11.3 Å². The number of amides is 1. The third-order valence-electron chi connectivity index (χ3n) is 3.13. The van der Waals surface area contributed by atoms with Gasteiger partial charge in [-0.2, -0.15) is 0 Å². The summed E-state index contributed by atoms with van der Waals surface area (Å²) < 4.78 is 5.15. The fraction of sp³-hybridized carbons (Fsp3) is 0.188. The van der Waals surface area contributed by atoms with E-state index >= 15 is 0 Å². The Labute approximate surface area is 128 Å². The number of pyridine rings is 1. The molecule has 1 aromatic heterocycles. The van der Waals surface area contributed by atoms with Crippen molar-refractivity contribution in [3.05, 3.63) is 59.4 Å². The minimum absolute atomic E-state index is 0.0481. The fourth-order valence-corrected chi connectivity index (χ4v) is 1.96. The highest BCUT2D eigenvalue weighted by Gasteiger charge is 2.14. The van der Waals surface area contributed by atoms with Gasteiger partial charge in [-0.1, -0.05) is 12.1 Å². The molecular weight excluding hydrogens is 284 g/mol. The molecule has 0 saturated heterocycles. The molecule has 6 heteroatoms. The van der Waals surface area contributed by atoms with Crippen molar-refractivity contribution in [3.63, 3.8) is 0 Å². The van der Waals surface area contributed by atoms with Crippen molar-refractivity contribution < 1.29 is 19.4 Å². The second kappa shape index (κ2) is 6.71. The maximum absolute atomic E-state index is 12.3. The van der Waals surface area contributed by atoms with Gasteiger partial charge in [0.25, 0.3) is 5.91 Å². The summed E-state index contributed by atoms with van der Waals surface area (Å²) in [6.45, 7) is 0.401. The maximum atomic E-state index is 12.3. The van der Waals surface area contributed by atoms with Crippen molar-refractivity contribution >= 4 is 11.9 Å². The van der Waals surface area contributed by atoms with Gasteiger partial charge in [0.2, 0.25) is 0 Å². The topological polar surface area (TPSA) is 79.7 Å². The predicted octanol–water partition coefficient (Wildman–Crippen LogP) is 2.06. The molecule has 22 heavy (non-hydrogen) atoms. The molecule has 2 rings (SSSR count). The number of carboxylic acids is 1. The Balaban J connectivity index is 2.09. The second-order valence-electron chi connectivity index (χ2n) is 4.75. The number of hydrogen-bond acceptors (Lipinski definition) is 4. The van der Waals surface area contributed by atoms with Crippen LogP contribution in [0.5, 0.6) is 5.75 Å². The zero-order valence-electron chi connectivity index (χ0n) is 12.3. The molecule has 1 N–H and O–H groups in total. The molecule has 0 aliphatic heterocycles. The summed E-state index contributed by atoms with van der Waals surface area (Å²) in [6.07, 6.45) is 1.18. The average Bonchev–Trinajstić information content (AvgIpc) is 2.54. The molecule has 0 spiro atoms. The van der Waals surface area contributed by atoms with Crippen molar-refractivity contribution in [2.45, 2.75) is 6.54 Å². The summed E-state index contributed by atoms with van der Waals surface area (Å²) >= 11 is 0. The van der Waals surface area contributed by atoms with E-state index in [2.05, 4.69) is 4.98 Å². The van der Waals surface area contributed by atoms with E-state index in [9.17, 15) is 9.59 Å². The quantitative estimate of drug-likeness (QED) is 0.914. The molecule has 0 aliphatic rings. The highest BCUT2D eigenvalue weighted by Crippen LogP contribution is 2.14. The van der Waals surface area contributed by atoms with E-state index in [1.165, 1.54) is 23.2 Å². The maximum Gasteiger partial charge on any atom is 0.337 e. The Bertz CT molecular complexity index is 683. The van der Waals surface area contributed by atoms with Gasteiger partial charge in [-0.15, -0.1) is 0 Å². The van der Waals surface area contributed by atoms with Crippen LogP contribution in [0.25, 0.3) is 0 Å². The van der Waals surface area contributed by atoms with Crippen LogP contribution in [0.4, 0.5) is 0 Å². The molecule has 0 aliphatic carbocycles.